The number of anilines is 1. The van der Waals surface area contributed by atoms with Crippen molar-refractivity contribution >= 4 is 39.9 Å². The number of phenolic OH excluding ortho intramolecular Hbond substituents is 1. The molecule has 10 heteroatoms. The summed E-state index contributed by atoms with van der Waals surface area (Å²) in [6.45, 7) is 3.67. The van der Waals surface area contributed by atoms with Gasteiger partial charge in [-0.2, -0.15) is 0 Å². The van der Waals surface area contributed by atoms with Gasteiger partial charge in [-0.25, -0.2) is 13.6 Å². The number of carbonyl (C=O) groups excluding carboxylic acids is 1. The Labute approximate surface area is 198 Å². The lowest BCUT2D eigenvalue weighted by molar-refractivity contribution is -0.115. The zero-order valence-electron chi connectivity index (χ0n) is 18.0. The molecule has 0 atom stereocenters. The summed E-state index contributed by atoms with van der Waals surface area (Å²) in [5.41, 5.74) is 9.56. The van der Waals surface area contributed by atoms with Crippen LogP contribution in [0.25, 0.3) is 11.1 Å². The first kappa shape index (κ1) is 25.9. The number of nitrogens with two attached hydrogens (primary N) is 2. The van der Waals surface area contributed by atoms with Crippen LogP contribution in [-0.4, -0.2) is 25.3 Å². The minimum absolute atomic E-state index is 0. The second-order valence-electron chi connectivity index (χ2n) is 7.56. The third kappa shape index (κ3) is 6.10. The summed E-state index contributed by atoms with van der Waals surface area (Å²) in [7, 11) is -3.91. The number of phenols is 1. The molecule has 3 aromatic carbocycles. The van der Waals surface area contributed by atoms with Gasteiger partial charge in [0, 0.05) is 22.4 Å². The molecule has 0 fully saturated rings. The Bertz CT molecular complexity index is 1340. The number of rotatable bonds is 6. The van der Waals surface area contributed by atoms with Gasteiger partial charge >= 0.3 is 0 Å². The minimum atomic E-state index is -3.91. The highest BCUT2D eigenvalue weighted by Gasteiger charge is 2.17. The molecule has 0 saturated heterocycles. The van der Waals surface area contributed by atoms with Crippen molar-refractivity contribution in [3.63, 3.8) is 0 Å². The predicted molar refractivity (Wildman–Crippen MR) is 131 cm³/mol. The number of aromatic hydroxyl groups is 1. The number of halogens is 1. The van der Waals surface area contributed by atoms with Gasteiger partial charge in [-0.15, -0.1) is 12.4 Å². The Kier molecular flexibility index (Phi) is 7.86. The predicted octanol–water partition coefficient (Wildman–Crippen LogP) is 3.21. The summed E-state index contributed by atoms with van der Waals surface area (Å²) in [4.78, 5) is 12.5. The molecule has 174 valence electrons. The zero-order chi connectivity index (χ0) is 23.6. The number of amidine groups is 1. The molecule has 0 heterocycles. The number of aryl methyl sites for hydroxylation is 2. The normalized spacial score (nSPS) is 10.9. The van der Waals surface area contributed by atoms with Crippen molar-refractivity contribution in [2.45, 2.75) is 25.2 Å². The van der Waals surface area contributed by atoms with Crippen molar-refractivity contribution in [2.75, 3.05) is 5.32 Å². The Morgan fingerprint density at radius 3 is 2.33 bits per heavy atom. The second-order valence-corrected chi connectivity index (χ2v) is 9.09. The molecule has 0 aliphatic carbocycles. The van der Waals surface area contributed by atoms with Crippen molar-refractivity contribution in [3.05, 3.63) is 76.9 Å². The summed E-state index contributed by atoms with van der Waals surface area (Å²) in [5.74, 6) is -0.589. The summed E-state index contributed by atoms with van der Waals surface area (Å²) in [5, 5.41) is 25.6. The fourth-order valence-electron chi connectivity index (χ4n) is 3.42. The first-order valence-electron chi connectivity index (χ1n) is 9.66. The summed E-state index contributed by atoms with van der Waals surface area (Å²) >= 11 is 0. The van der Waals surface area contributed by atoms with Crippen molar-refractivity contribution < 1.29 is 18.3 Å². The van der Waals surface area contributed by atoms with Crippen LogP contribution in [0.1, 0.15) is 22.3 Å². The molecule has 8 nitrogen and oxygen atoms in total. The molecule has 0 unspecified atom stereocenters. The summed E-state index contributed by atoms with van der Waals surface area (Å²) in [6.07, 6.45) is -0.110. The Morgan fingerprint density at radius 2 is 1.73 bits per heavy atom. The number of nitrogens with one attached hydrogen (secondary N) is 2. The van der Waals surface area contributed by atoms with Crippen LogP contribution in [0.3, 0.4) is 0 Å². The SMILES string of the molecule is Cc1ccc(S(N)(=O)=O)c(-c2ccc(NC(=O)Cc3cc(C(=N)N)ccc3O)cc2C)c1.Cl. The van der Waals surface area contributed by atoms with E-state index in [-0.39, 0.29) is 41.2 Å². The Morgan fingerprint density at radius 1 is 1.03 bits per heavy atom. The van der Waals surface area contributed by atoms with Gasteiger partial charge in [0.25, 0.3) is 0 Å². The van der Waals surface area contributed by atoms with E-state index in [0.717, 1.165) is 11.1 Å². The maximum Gasteiger partial charge on any atom is 0.238 e. The lowest BCUT2D eigenvalue weighted by atomic mass is 9.98. The van der Waals surface area contributed by atoms with Gasteiger partial charge < -0.3 is 16.2 Å². The molecule has 0 aliphatic heterocycles. The van der Waals surface area contributed by atoms with E-state index in [1.807, 2.05) is 13.8 Å². The van der Waals surface area contributed by atoms with Crippen LogP contribution in [-0.2, 0) is 21.2 Å². The lowest BCUT2D eigenvalue weighted by Gasteiger charge is -2.14. The third-order valence-electron chi connectivity index (χ3n) is 4.98. The van der Waals surface area contributed by atoms with E-state index in [1.165, 1.54) is 24.3 Å². The van der Waals surface area contributed by atoms with E-state index in [1.54, 1.807) is 30.3 Å². The maximum absolute atomic E-state index is 12.5. The first-order chi connectivity index (χ1) is 15.0. The molecule has 0 bridgehead atoms. The number of amides is 1. The van der Waals surface area contributed by atoms with Crippen LogP contribution in [0, 0.1) is 19.3 Å². The molecule has 33 heavy (non-hydrogen) atoms. The van der Waals surface area contributed by atoms with E-state index >= 15 is 0 Å². The van der Waals surface area contributed by atoms with Crippen LogP contribution < -0.4 is 16.2 Å². The van der Waals surface area contributed by atoms with Gasteiger partial charge in [0.05, 0.1) is 11.3 Å². The molecule has 7 N–H and O–H groups in total. The van der Waals surface area contributed by atoms with Crippen LogP contribution >= 0.6 is 12.4 Å². The quantitative estimate of drug-likeness (QED) is 0.265. The van der Waals surface area contributed by atoms with Crippen LogP contribution in [0.5, 0.6) is 5.75 Å². The molecule has 3 aromatic rings. The highest BCUT2D eigenvalue weighted by atomic mass is 35.5. The molecule has 1 amide bonds. The van der Waals surface area contributed by atoms with Crippen molar-refractivity contribution in [2.24, 2.45) is 10.9 Å². The van der Waals surface area contributed by atoms with E-state index in [0.29, 0.717) is 27.9 Å². The maximum atomic E-state index is 12.5. The molecule has 3 rings (SSSR count). The topological polar surface area (TPSA) is 159 Å². The van der Waals surface area contributed by atoms with Crippen molar-refractivity contribution in [3.8, 4) is 16.9 Å². The highest BCUT2D eigenvalue weighted by Crippen LogP contribution is 2.32. The fourth-order valence-corrected chi connectivity index (χ4v) is 4.15. The molecule has 0 saturated carbocycles. The fraction of sp³-hybridized carbons (Fsp3) is 0.130. The molecule has 0 aliphatic rings. The minimum Gasteiger partial charge on any atom is -0.508 e. The van der Waals surface area contributed by atoms with Crippen molar-refractivity contribution in [1.29, 1.82) is 5.41 Å². The van der Waals surface area contributed by atoms with E-state index in [4.69, 9.17) is 16.3 Å². The number of hydrogen-bond acceptors (Lipinski definition) is 5. The van der Waals surface area contributed by atoms with E-state index in [2.05, 4.69) is 5.32 Å². The standard InChI is InChI=1S/C23H24N4O4S.ClH/c1-13-3-8-21(32(26,30)31)19(9-13)18-6-5-17(10-14(18)2)27-22(29)12-16-11-15(23(24)25)4-7-20(16)28;/h3-11,28H,12H2,1-2H3,(H3,24,25)(H,27,29)(H2,26,30,31);1H. The smallest absolute Gasteiger partial charge is 0.238 e. The van der Waals surface area contributed by atoms with Crippen LogP contribution in [0.15, 0.2) is 59.5 Å². The average molecular weight is 489 g/mol. The van der Waals surface area contributed by atoms with E-state index < -0.39 is 10.0 Å². The van der Waals surface area contributed by atoms with Crippen molar-refractivity contribution in [1.82, 2.24) is 0 Å². The molecular weight excluding hydrogens is 464 g/mol. The Balaban J connectivity index is 0.00000385. The third-order valence-corrected chi connectivity index (χ3v) is 5.95. The first-order valence-corrected chi connectivity index (χ1v) is 11.2. The average Bonchev–Trinajstić information content (AvgIpc) is 2.68. The highest BCUT2D eigenvalue weighted by molar-refractivity contribution is 7.89. The monoisotopic (exact) mass is 488 g/mol. The zero-order valence-corrected chi connectivity index (χ0v) is 19.7. The summed E-state index contributed by atoms with van der Waals surface area (Å²) in [6, 6.07) is 14.4. The number of hydrogen-bond donors (Lipinski definition) is 5. The van der Waals surface area contributed by atoms with E-state index in [9.17, 15) is 18.3 Å². The molecular formula is C23H25ClN4O4S. The summed E-state index contributed by atoms with van der Waals surface area (Å²) < 4.78 is 24.0. The number of carbonyl (C=O) groups is 1. The Hall–Kier alpha value is -3.40. The van der Waals surface area contributed by atoms with Crippen LogP contribution in [0.4, 0.5) is 5.69 Å². The lowest BCUT2D eigenvalue weighted by Crippen LogP contribution is -2.16. The molecule has 0 aromatic heterocycles. The molecule has 0 spiro atoms. The van der Waals surface area contributed by atoms with Gasteiger partial charge in [-0.1, -0.05) is 23.8 Å². The number of benzene rings is 3. The second kappa shape index (κ2) is 10.0. The molecule has 0 radical (unpaired) electrons. The number of nitrogen functional groups attached to an aromatic ring is 1. The number of sulfonamides is 1. The van der Waals surface area contributed by atoms with Gasteiger partial charge in [0.15, 0.2) is 0 Å². The van der Waals surface area contributed by atoms with Gasteiger partial charge in [-0.05, 0) is 61.4 Å². The largest absolute Gasteiger partial charge is 0.508 e. The van der Waals surface area contributed by atoms with Gasteiger partial charge in [-0.3, -0.25) is 10.2 Å². The van der Waals surface area contributed by atoms with Gasteiger partial charge in [0.2, 0.25) is 15.9 Å². The number of primary sulfonamides is 1. The van der Waals surface area contributed by atoms with Gasteiger partial charge in [0.1, 0.15) is 11.6 Å². The van der Waals surface area contributed by atoms with Crippen LogP contribution in [0.2, 0.25) is 0 Å².